The van der Waals surface area contributed by atoms with Crippen LogP contribution in [-0.2, 0) is 15.8 Å². The lowest BCUT2D eigenvalue weighted by atomic mass is 10.1. The molecule has 0 bridgehead atoms. The van der Waals surface area contributed by atoms with Crippen molar-refractivity contribution in [1.82, 2.24) is 5.32 Å². The summed E-state index contributed by atoms with van der Waals surface area (Å²) in [4.78, 5) is 39.5. The van der Waals surface area contributed by atoms with Crippen molar-refractivity contribution < 1.29 is 27.6 Å². The van der Waals surface area contributed by atoms with E-state index in [9.17, 15) is 27.6 Å². The highest BCUT2D eigenvalue weighted by atomic mass is 35.5. The van der Waals surface area contributed by atoms with Gasteiger partial charge in [-0.3, -0.25) is 14.4 Å². The van der Waals surface area contributed by atoms with Crippen LogP contribution in [0.2, 0.25) is 5.02 Å². The number of amides is 3. The van der Waals surface area contributed by atoms with Gasteiger partial charge >= 0.3 is 6.18 Å². The first-order valence-corrected chi connectivity index (χ1v) is 14.1. The highest BCUT2D eigenvalue weighted by Gasteiger charge is 2.30. The predicted octanol–water partition coefficient (Wildman–Crippen LogP) is 7.89. The minimum Gasteiger partial charge on any atom is -0.325 e. The van der Waals surface area contributed by atoms with Gasteiger partial charge in [0.25, 0.3) is 11.8 Å². The Hall–Kier alpha value is -4.54. The first kappa shape index (κ1) is 31.4. The van der Waals surface area contributed by atoms with Crippen molar-refractivity contribution in [3.8, 4) is 0 Å². The maximum Gasteiger partial charge on any atom is 0.416 e. The SMILES string of the molecule is CC(Sc1cccc(NC(=O)/C(=C\c2ccccc2Cl)NC(=O)c2ccccc2)c1)C(=O)Nc1cccc(C(F)(F)F)c1. The largest absolute Gasteiger partial charge is 0.416 e. The predicted molar refractivity (Wildman–Crippen MR) is 164 cm³/mol. The molecule has 4 aromatic carbocycles. The summed E-state index contributed by atoms with van der Waals surface area (Å²) < 4.78 is 39.1. The number of benzene rings is 4. The molecule has 0 saturated carbocycles. The van der Waals surface area contributed by atoms with E-state index >= 15 is 0 Å². The van der Waals surface area contributed by atoms with E-state index in [1.165, 1.54) is 18.2 Å². The molecule has 0 aliphatic carbocycles. The minimum absolute atomic E-state index is 0.0312. The second kappa shape index (κ2) is 14.1. The molecule has 1 unspecified atom stereocenters. The molecule has 3 N–H and O–H groups in total. The first-order chi connectivity index (χ1) is 20.5. The van der Waals surface area contributed by atoms with E-state index in [2.05, 4.69) is 16.0 Å². The summed E-state index contributed by atoms with van der Waals surface area (Å²) >= 11 is 7.44. The number of thioether (sulfide) groups is 1. The van der Waals surface area contributed by atoms with Crippen LogP contribution in [0, 0.1) is 0 Å². The molecule has 43 heavy (non-hydrogen) atoms. The third kappa shape index (κ3) is 8.97. The van der Waals surface area contributed by atoms with Crippen molar-refractivity contribution >= 4 is 58.5 Å². The number of carbonyl (C=O) groups excluding carboxylic acids is 3. The zero-order valence-corrected chi connectivity index (χ0v) is 24.2. The quantitative estimate of drug-likeness (QED) is 0.131. The van der Waals surface area contributed by atoms with Crippen LogP contribution in [0.1, 0.15) is 28.4 Å². The molecule has 4 rings (SSSR count). The minimum atomic E-state index is -4.53. The third-order valence-electron chi connectivity index (χ3n) is 5.97. The molecule has 1 atom stereocenters. The highest BCUT2D eigenvalue weighted by molar-refractivity contribution is 8.00. The fourth-order valence-electron chi connectivity index (χ4n) is 3.81. The number of alkyl halides is 3. The molecule has 0 aliphatic heterocycles. The summed E-state index contributed by atoms with van der Waals surface area (Å²) in [7, 11) is 0. The van der Waals surface area contributed by atoms with E-state index in [1.54, 1.807) is 85.8 Å². The second-order valence-electron chi connectivity index (χ2n) is 9.21. The molecule has 3 amide bonds. The van der Waals surface area contributed by atoms with Gasteiger partial charge in [0, 0.05) is 26.9 Å². The van der Waals surface area contributed by atoms with Crippen molar-refractivity contribution in [2.75, 3.05) is 10.6 Å². The summed E-state index contributed by atoms with van der Waals surface area (Å²) in [5.41, 5.74) is 0.387. The van der Waals surface area contributed by atoms with Crippen molar-refractivity contribution in [2.24, 2.45) is 0 Å². The Kier molecular flexibility index (Phi) is 10.3. The lowest BCUT2D eigenvalue weighted by molar-refractivity contribution is -0.137. The number of carbonyl (C=O) groups is 3. The standard InChI is InChI=1S/C32H25ClF3N3O3S/c1-20(29(40)37-24-13-7-12-23(18-24)32(34,35)36)43-26-15-8-14-25(19-26)38-31(42)28(17-22-11-5-6-16-27(22)33)39-30(41)21-9-3-2-4-10-21/h2-20H,1H3,(H,37,40)(H,38,42)(H,39,41)/b28-17+. The van der Waals surface area contributed by atoms with Crippen molar-refractivity contribution in [3.05, 3.63) is 131 Å². The Morgan fingerprint density at radius 1 is 0.814 bits per heavy atom. The van der Waals surface area contributed by atoms with Gasteiger partial charge in [0.15, 0.2) is 0 Å². The lowest BCUT2D eigenvalue weighted by Gasteiger charge is -2.15. The summed E-state index contributed by atoms with van der Waals surface area (Å²) in [6, 6.07) is 26.3. The van der Waals surface area contributed by atoms with Gasteiger partial charge in [-0.25, -0.2) is 0 Å². The Labute approximate surface area is 255 Å². The summed E-state index contributed by atoms with van der Waals surface area (Å²) in [5.74, 6) is -1.59. The topological polar surface area (TPSA) is 87.3 Å². The zero-order valence-electron chi connectivity index (χ0n) is 22.6. The highest BCUT2D eigenvalue weighted by Crippen LogP contribution is 2.31. The molecular formula is C32H25ClF3N3O3S. The summed E-state index contributed by atoms with van der Waals surface area (Å²) in [6.07, 6.45) is -3.06. The number of nitrogens with one attached hydrogen (secondary N) is 3. The molecule has 0 saturated heterocycles. The van der Waals surface area contributed by atoms with Crippen LogP contribution in [0.3, 0.4) is 0 Å². The van der Waals surface area contributed by atoms with Crippen LogP contribution < -0.4 is 16.0 Å². The van der Waals surface area contributed by atoms with E-state index in [0.29, 0.717) is 26.7 Å². The van der Waals surface area contributed by atoms with Crippen molar-refractivity contribution in [3.63, 3.8) is 0 Å². The fourth-order valence-corrected chi connectivity index (χ4v) is 4.93. The molecule has 0 heterocycles. The number of rotatable bonds is 9. The third-order valence-corrected chi connectivity index (χ3v) is 7.40. The molecule has 0 spiro atoms. The molecule has 11 heteroatoms. The van der Waals surface area contributed by atoms with E-state index < -0.39 is 34.7 Å². The molecule has 4 aromatic rings. The van der Waals surface area contributed by atoms with Gasteiger partial charge in [-0.2, -0.15) is 13.2 Å². The first-order valence-electron chi connectivity index (χ1n) is 12.9. The molecule has 0 fully saturated rings. The zero-order chi connectivity index (χ0) is 31.0. The molecule has 220 valence electrons. The van der Waals surface area contributed by atoms with E-state index in [0.717, 1.165) is 23.9 Å². The van der Waals surface area contributed by atoms with Crippen LogP contribution in [-0.4, -0.2) is 23.0 Å². The maximum atomic E-state index is 13.3. The Bertz CT molecular complexity index is 1660. The average Bonchev–Trinajstić information content (AvgIpc) is 2.98. The lowest BCUT2D eigenvalue weighted by Crippen LogP contribution is -2.30. The van der Waals surface area contributed by atoms with Gasteiger partial charge in [-0.1, -0.05) is 60.1 Å². The number of anilines is 2. The Morgan fingerprint density at radius 2 is 1.47 bits per heavy atom. The van der Waals surface area contributed by atoms with Crippen LogP contribution in [0.4, 0.5) is 24.5 Å². The fraction of sp³-hybridized carbons (Fsp3) is 0.0938. The van der Waals surface area contributed by atoms with Gasteiger partial charge in [0.2, 0.25) is 5.91 Å². The summed E-state index contributed by atoms with van der Waals surface area (Å²) in [5, 5.41) is 7.62. The van der Waals surface area contributed by atoms with Crippen molar-refractivity contribution in [2.45, 2.75) is 23.2 Å². The second-order valence-corrected chi connectivity index (χ2v) is 11.0. The molecule has 0 radical (unpaired) electrons. The maximum absolute atomic E-state index is 13.3. The summed E-state index contributed by atoms with van der Waals surface area (Å²) in [6.45, 7) is 1.61. The van der Waals surface area contributed by atoms with Crippen LogP contribution >= 0.6 is 23.4 Å². The monoisotopic (exact) mass is 623 g/mol. The normalized spacial score (nSPS) is 12.3. The molecule has 0 aromatic heterocycles. The number of hydrogen-bond acceptors (Lipinski definition) is 4. The van der Waals surface area contributed by atoms with E-state index in [-0.39, 0.29) is 11.4 Å². The molecule has 0 aliphatic rings. The van der Waals surface area contributed by atoms with E-state index in [4.69, 9.17) is 11.6 Å². The van der Waals surface area contributed by atoms with Crippen LogP contribution in [0.25, 0.3) is 6.08 Å². The average molecular weight is 624 g/mol. The van der Waals surface area contributed by atoms with Crippen LogP contribution in [0.5, 0.6) is 0 Å². The van der Waals surface area contributed by atoms with Crippen LogP contribution in [0.15, 0.2) is 114 Å². The smallest absolute Gasteiger partial charge is 0.325 e. The molecular weight excluding hydrogens is 599 g/mol. The van der Waals surface area contributed by atoms with Gasteiger partial charge in [-0.05, 0) is 73.2 Å². The van der Waals surface area contributed by atoms with Gasteiger partial charge in [0.1, 0.15) is 5.70 Å². The molecule has 6 nitrogen and oxygen atoms in total. The van der Waals surface area contributed by atoms with E-state index in [1.807, 2.05) is 0 Å². The number of hydrogen-bond donors (Lipinski definition) is 3. The Balaban J connectivity index is 1.47. The van der Waals surface area contributed by atoms with Gasteiger partial charge in [-0.15, -0.1) is 11.8 Å². The van der Waals surface area contributed by atoms with Gasteiger partial charge < -0.3 is 16.0 Å². The van der Waals surface area contributed by atoms with Crippen molar-refractivity contribution in [1.29, 1.82) is 0 Å². The Morgan fingerprint density at radius 3 is 2.16 bits per heavy atom. The number of halogens is 4. The van der Waals surface area contributed by atoms with Gasteiger partial charge in [0.05, 0.1) is 10.8 Å².